The Labute approximate surface area is 113 Å². The zero-order chi connectivity index (χ0) is 13.8. The Hall–Kier alpha value is -1.84. The number of ketones is 1. The molecule has 4 heteroatoms. The average molecular weight is 261 g/mol. The number of Topliss-reactive ketones (excluding diaryl/α,β-unsaturated/α-hetero) is 1. The first-order valence-electron chi connectivity index (χ1n) is 6.56. The van der Waals surface area contributed by atoms with Crippen LogP contribution in [0.5, 0.6) is 5.75 Å². The van der Waals surface area contributed by atoms with Gasteiger partial charge in [0, 0.05) is 26.4 Å². The number of rotatable bonds is 5. The number of likely N-dealkylation sites (tertiary alicyclic amines) is 1. The molecule has 0 spiro atoms. The maximum Gasteiger partial charge on any atom is 0.263 e. The molecule has 19 heavy (non-hydrogen) atoms. The molecule has 102 valence electrons. The van der Waals surface area contributed by atoms with Gasteiger partial charge in [-0.25, -0.2) is 0 Å². The van der Waals surface area contributed by atoms with Gasteiger partial charge < -0.3 is 14.4 Å². The highest BCUT2D eigenvalue weighted by Gasteiger charge is 2.30. The van der Waals surface area contributed by atoms with E-state index in [0.29, 0.717) is 12.2 Å². The van der Waals surface area contributed by atoms with Gasteiger partial charge in [-0.1, -0.05) is 12.1 Å². The molecule has 4 nitrogen and oxygen atoms in total. The third-order valence-corrected chi connectivity index (χ3v) is 3.35. The quantitative estimate of drug-likeness (QED) is 0.812. The Bertz CT molecular complexity index is 467. The zero-order valence-electron chi connectivity index (χ0n) is 11.4. The second kappa shape index (κ2) is 5.87. The van der Waals surface area contributed by atoms with Crippen LogP contribution >= 0.6 is 0 Å². The summed E-state index contributed by atoms with van der Waals surface area (Å²) in [7, 11) is 1.79. The summed E-state index contributed by atoms with van der Waals surface area (Å²) in [6.45, 7) is 2.35. The highest BCUT2D eigenvalue weighted by atomic mass is 16.5. The van der Waals surface area contributed by atoms with E-state index < -0.39 is 0 Å². The monoisotopic (exact) mass is 261 g/mol. The number of amides is 1. The van der Waals surface area contributed by atoms with Crippen LogP contribution in [0.3, 0.4) is 0 Å². The SMILES string of the molecule is CC(=O)CCc1ccc(OC2CCN(C)C2=O)cc1. The molecule has 1 amide bonds. The highest BCUT2D eigenvalue weighted by Crippen LogP contribution is 2.19. The number of nitrogens with zero attached hydrogens (tertiary/aromatic N) is 1. The lowest BCUT2D eigenvalue weighted by Crippen LogP contribution is -2.29. The summed E-state index contributed by atoms with van der Waals surface area (Å²) < 4.78 is 5.68. The molecule has 1 aromatic rings. The smallest absolute Gasteiger partial charge is 0.263 e. The highest BCUT2D eigenvalue weighted by molar-refractivity contribution is 5.83. The minimum Gasteiger partial charge on any atom is -0.481 e. The van der Waals surface area contributed by atoms with Crippen molar-refractivity contribution in [3.63, 3.8) is 0 Å². The van der Waals surface area contributed by atoms with E-state index in [1.54, 1.807) is 18.9 Å². The van der Waals surface area contributed by atoms with E-state index in [1.165, 1.54) is 0 Å². The van der Waals surface area contributed by atoms with Gasteiger partial charge in [-0.05, 0) is 31.0 Å². The Morgan fingerprint density at radius 2 is 2.05 bits per heavy atom. The van der Waals surface area contributed by atoms with Crippen molar-refractivity contribution in [2.24, 2.45) is 0 Å². The fourth-order valence-corrected chi connectivity index (χ4v) is 2.12. The number of aryl methyl sites for hydroxylation is 1. The minimum absolute atomic E-state index is 0.0423. The first-order chi connectivity index (χ1) is 9.06. The van der Waals surface area contributed by atoms with Crippen molar-refractivity contribution in [1.29, 1.82) is 0 Å². The molecule has 0 aliphatic carbocycles. The van der Waals surface area contributed by atoms with E-state index in [-0.39, 0.29) is 17.8 Å². The number of carbonyl (C=O) groups excluding carboxylic acids is 2. The lowest BCUT2D eigenvalue weighted by molar-refractivity contribution is -0.132. The molecule has 1 aliphatic heterocycles. The number of ether oxygens (including phenoxy) is 1. The maximum absolute atomic E-state index is 11.7. The van der Waals surface area contributed by atoms with Gasteiger partial charge in [0.1, 0.15) is 11.5 Å². The molecule has 0 aromatic heterocycles. The van der Waals surface area contributed by atoms with E-state index in [2.05, 4.69) is 0 Å². The summed E-state index contributed by atoms with van der Waals surface area (Å²) in [5.41, 5.74) is 1.11. The predicted octanol–water partition coefficient (Wildman–Crippen LogP) is 1.82. The number of hydrogen-bond acceptors (Lipinski definition) is 3. The van der Waals surface area contributed by atoms with Crippen molar-refractivity contribution in [1.82, 2.24) is 4.90 Å². The molecule has 0 radical (unpaired) electrons. The van der Waals surface area contributed by atoms with Crippen molar-refractivity contribution in [2.45, 2.75) is 32.3 Å². The Balaban J connectivity index is 1.92. The number of benzene rings is 1. The molecular weight excluding hydrogens is 242 g/mol. The summed E-state index contributed by atoms with van der Waals surface area (Å²) in [6.07, 6.45) is 1.70. The van der Waals surface area contributed by atoms with Gasteiger partial charge in [-0.3, -0.25) is 4.79 Å². The fourth-order valence-electron chi connectivity index (χ4n) is 2.12. The van der Waals surface area contributed by atoms with Crippen molar-refractivity contribution in [2.75, 3.05) is 13.6 Å². The van der Waals surface area contributed by atoms with Crippen LogP contribution in [0.15, 0.2) is 24.3 Å². The van der Waals surface area contributed by atoms with Gasteiger partial charge in [-0.15, -0.1) is 0 Å². The van der Waals surface area contributed by atoms with Crippen LogP contribution in [0.25, 0.3) is 0 Å². The van der Waals surface area contributed by atoms with Crippen LogP contribution in [0, 0.1) is 0 Å². The van der Waals surface area contributed by atoms with Gasteiger partial charge in [0.05, 0.1) is 0 Å². The second-order valence-electron chi connectivity index (χ2n) is 5.00. The molecular formula is C15H19NO3. The van der Waals surface area contributed by atoms with Crippen LogP contribution in [-0.2, 0) is 16.0 Å². The van der Waals surface area contributed by atoms with Crippen LogP contribution in [-0.4, -0.2) is 36.3 Å². The predicted molar refractivity (Wildman–Crippen MR) is 72.1 cm³/mol. The number of hydrogen-bond donors (Lipinski definition) is 0. The van der Waals surface area contributed by atoms with Gasteiger partial charge in [0.2, 0.25) is 0 Å². The van der Waals surface area contributed by atoms with E-state index in [9.17, 15) is 9.59 Å². The van der Waals surface area contributed by atoms with E-state index in [4.69, 9.17) is 4.74 Å². The second-order valence-corrected chi connectivity index (χ2v) is 5.00. The molecule has 0 N–H and O–H groups in total. The van der Waals surface area contributed by atoms with E-state index >= 15 is 0 Å². The molecule has 1 fully saturated rings. The molecule has 1 aromatic carbocycles. The maximum atomic E-state index is 11.7. The summed E-state index contributed by atoms with van der Waals surface area (Å²) in [5.74, 6) is 0.945. The molecule has 2 rings (SSSR count). The molecule has 1 heterocycles. The number of likely N-dealkylation sites (N-methyl/N-ethyl adjacent to an activating group) is 1. The molecule has 1 saturated heterocycles. The molecule has 0 saturated carbocycles. The van der Waals surface area contributed by atoms with Gasteiger partial charge in [0.15, 0.2) is 6.10 Å². The van der Waals surface area contributed by atoms with Crippen molar-refractivity contribution in [3.8, 4) is 5.75 Å². The summed E-state index contributed by atoms with van der Waals surface area (Å²) in [6, 6.07) is 7.62. The van der Waals surface area contributed by atoms with Crippen LogP contribution < -0.4 is 4.74 Å². The minimum atomic E-state index is -0.354. The topological polar surface area (TPSA) is 46.6 Å². The third-order valence-electron chi connectivity index (χ3n) is 3.35. The lowest BCUT2D eigenvalue weighted by atomic mass is 10.1. The van der Waals surface area contributed by atoms with Crippen molar-refractivity contribution >= 4 is 11.7 Å². The Morgan fingerprint density at radius 1 is 1.37 bits per heavy atom. The van der Waals surface area contributed by atoms with Gasteiger partial charge in [-0.2, -0.15) is 0 Å². The first-order valence-corrected chi connectivity index (χ1v) is 6.56. The summed E-state index contributed by atoms with van der Waals surface area (Å²) in [5, 5.41) is 0. The molecule has 1 aliphatic rings. The fraction of sp³-hybridized carbons (Fsp3) is 0.467. The number of carbonyl (C=O) groups is 2. The molecule has 1 unspecified atom stereocenters. The largest absolute Gasteiger partial charge is 0.481 e. The molecule has 0 bridgehead atoms. The zero-order valence-corrected chi connectivity index (χ0v) is 11.4. The lowest BCUT2D eigenvalue weighted by Gasteiger charge is -2.13. The summed E-state index contributed by atoms with van der Waals surface area (Å²) in [4.78, 5) is 24.3. The standard InChI is InChI=1S/C15H19NO3/c1-11(17)3-4-12-5-7-13(8-6-12)19-14-9-10-16(2)15(14)18/h5-8,14H,3-4,9-10H2,1-2H3. The average Bonchev–Trinajstić information content (AvgIpc) is 2.70. The van der Waals surface area contributed by atoms with Crippen LogP contribution in [0.4, 0.5) is 0 Å². The third kappa shape index (κ3) is 3.56. The van der Waals surface area contributed by atoms with Gasteiger partial charge >= 0.3 is 0 Å². The van der Waals surface area contributed by atoms with Crippen LogP contribution in [0.2, 0.25) is 0 Å². The van der Waals surface area contributed by atoms with Crippen molar-refractivity contribution in [3.05, 3.63) is 29.8 Å². The summed E-state index contributed by atoms with van der Waals surface area (Å²) >= 11 is 0. The van der Waals surface area contributed by atoms with Crippen molar-refractivity contribution < 1.29 is 14.3 Å². The van der Waals surface area contributed by atoms with Crippen LogP contribution in [0.1, 0.15) is 25.3 Å². The first kappa shape index (κ1) is 13.6. The molecule has 1 atom stereocenters. The van der Waals surface area contributed by atoms with Gasteiger partial charge in [0.25, 0.3) is 5.91 Å². The van der Waals surface area contributed by atoms with E-state index in [0.717, 1.165) is 24.9 Å². The van der Waals surface area contributed by atoms with E-state index in [1.807, 2.05) is 24.3 Å². The Kier molecular flexibility index (Phi) is 4.20. The normalized spacial score (nSPS) is 18.7. The Morgan fingerprint density at radius 3 is 2.58 bits per heavy atom.